The number of aliphatic hydroxyl groups excluding tert-OH is 1. The Labute approximate surface area is 127 Å². The molecular weight excluding hydrogens is 266 g/mol. The Hall–Kier alpha value is -1.17. The third-order valence-electron chi connectivity index (χ3n) is 4.14. The number of hydrogen-bond donors (Lipinski definition) is 2. The largest absolute Gasteiger partial charge is 0.394 e. The van der Waals surface area contributed by atoms with Crippen LogP contribution >= 0.6 is 0 Å². The molecule has 1 aliphatic heterocycles. The number of nitrogens with one attached hydrogen (secondary N) is 1. The number of hydrogen-bond acceptors (Lipinski definition) is 5. The first-order valence-corrected chi connectivity index (χ1v) is 7.89. The fourth-order valence-electron chi connectivity index (χ4n) is 2.85. The van der Waals surface area contributed by atoms with E-state index in [-0.39, 0.29) is 12.7 Å². The van der Waals surface area contributed by atoms with E-state index in [1.165, 1.54) is 5.69 Å². The average Bonchev–Trinajstić information content (AvgIpc) is 2.55. The molecule has 1 atom stereocenters. The summed E-state index contributed by atoms with van der Waals surface area (Å²) in [5.74, 6) is 0. The number of anilines is 1. The monoisotopic (exact) mass is 293 g/mol. The zero-order valence-electron chi connectivity index (χ0n) is 13.1. The Morgan fingerprint density at radius 3 is 2.71 bits per heavy atom. The van der Waals surface area contributed by atoms with Crippen LogP contribution in [-0.4, -0.2) is 49.5 Å². The van der Waals surface area contributed by atoms with Crippen molar-refractivity contribution < 1.29 is 9.84 Å². The lowest BCUT2D eigenvalue weighted by atomic mass is 10.1. The first kappa shape index (κ1) is 16.2. The molecule has 1 fully saturated rings. The Balaban J connectivity index is 1.89. The summed E-state index contributed by atoms with van der Waals surface area (Å²) in [5, 5.41) is 12.1. The van der Waals surface area contributed by atoms with Crippen LogP contribution in [0.5, 0.6) is 0 Å². The molecule has 0 aliphatic carbocycles. The van der Waals surface area contributed by atoms with Gasteiger partial charge in [-0.05, 0) is 38.4 Å². The highest BCUT2D eigenvalue weighted by atomic mass is 16.5. The topological polar surface area (TPSA) is 57.6 Å². The summed E-state index contributed by atoms with van der Waals surface area (Å²) in [4.78, 5) is 6.95. The van der Waals surface area contributed by atoms with Gasteiger partial charge in [-0.15, -0.1) is 0 Å². The fourth-order valence-corrected chi connectivity index (χ4v) is 2.85. The second-order valence-corrected chi connectivity index (χ2v) is 5.47. The van der Waals surface area contributed by atoms with Gasteiger partial charge in [0, 0.05) is 19.1 Å². The summed E-state index contributed by atoms with van der Waals surface area (Å²) in [6, 6.07) is 4.61. The van der Waals surface area contributed by atoms with Gasteiger partial charge in [0.05, 0.1) is 36.9 Å². The predicted octanol–water partition coefficient (Wildman–Crippen LogP) is 1.73. The van der Waals surface area contributed by atoms with E-state index < -0.39 is 0 Å². The minimum atomic E-state index is 0.107. The minimum Gasteiger partial charge on any atom is -0.394 e. The van der Waals surface area contributed by atoms with Crippen molar-refractivity contribution in [3.05, 3.63) is 24.0 Å². The van der Waals surface area contributed by atoms with Crippen LogP contribution in [0.1, 0.15) is 37.9 Å². The maximum absolute atomic E-state index is 8.79. The molecule has 2 N–H and O–H groups in total. The highest BCUT2D eigenvalue weighted by Crippen LogP contribution is 2.22. The highest BCUT2D eigenvalue weighted by molar-refractivity contribution is 5.45. The molecule has 2 rings (SSSR count). The van der Waals surface area contributed by atoms with Crippen molar-refractivity contribution in [1.82, 2.24) is 10.3 Å². The standard InChI is InChI=1S/C16H27N3O2/c1-3-15(17-2)16-5-4-13(12-18-16)19-8-6-14(7-9-19)21-11-10-20/h4-5,12,14-15,17,20H,3,6-11H2,1-2H3. The van der Waals surface area contributed by atoms with Crippen molar-refractivity contribution in [2.45, 2.75) is 38.3 Å². The zero-order valence-corrected chi connectivity index (χ0v) is 13.1. The van der Waals surface area contributed by atoms with E-state index in [4.69, 9.17) is 9.84 Å². The van der Waals surface area contributed by atoms with Gasteiger partial charge in [-0.3, -0.25) is 4.98 Å². The summed E-state index contributed by atoms with van der Waals surface area (Å²) in [7, 11) is 1.97. The first-order chi connectivity index (χ1) is 10.3. The van der Waals surface area contributed by atoms with Crippen LogP contribution in [0.25, 0.3) is 0 Å². The van der Waals surface area contributed by atoms with Gasteiger partial charge in [0.15, 0.2) is 0 Å². The molecule has 21 heavy (non-hydrogen) atoms. The molecule has 0 amide bonds. The molecule has 0 saturated carbocycles. The number of rotatable bonds is 7. The van der Waals surface area contributed by atoms with Crippen LogP contribution in [0.15, 0.2) is 18.3 Å². The molecule has 1 saturated heterocycles. The van der Waals surface area contributed by atoms with E-state index in [2.05, 4.69) is 34.3 Å². The summed E-state index contributed by atoms with van der Waals surface area (Å²) < 4.78 is 5.60. The summed E-state index contributed by atoms with van der Waals surface area (Å²) in [5.41, 5.74) is 2.29. The quantitative estimate of drug-likeness (QED) is 0.802. The molecule has 5 heteroatoms. The second-order valence-electron chi connectivity index (χ2n) is 5.47. The fraction of sp³-hybridized carbons (Fsp3) is 0.688. The van der Waals surface area contributed by atoms with Gasteiger partial charge in [-0.2, -0.15) is 0 Å². The van der Waals surface area contributed by atoms with Gasteiger partial charge in [0.25, 0.3) is 0 Å². The van der Waals surface area contributed by atoms with Gasteiger partial charge < -0.3 is 20.1 Å². The van der Waals surface area contributed by atoms with E-state index in [0.717, 1.165) is 38.0 Å². The van der Waals surface area contributed by atoms with Gasteiger partial charge in [0.1, 0.15) is 0 Å². The smallest absolute Gasteiger partial charge is 0.0701 e. The van der Waals surface area contributed by atoms with E-state index >= 15 is 0 Å². The number of pyridine rings is 1. The maximum Gasteiger partial charge on any atom is 0.0701 e. The normalized spacial score (nSPS) is 18.0. The minimum absolute atomic E-state index is 0.107. The van der Waals surface area contributed by atoms with Crippen molar-refractivity contribution in [3.63, 3.8) is 0 Å². The lowest BCUT2D eigenvalue weighted by Crippen LogP contribution is -2.37. The molecule has 1 unspecified atom stereocenters. The third kappa shape index (κ3) is 4.40. The van der Waals surface area contributed by atoms with Crippen LogP contribution in [0.3, 0.4) is 0 Å². The molecule has 2 heterocycles. The third-order valence-corrected chi connectivity index (χ3v) is 4.14. The van der Waals surface area contributed by atoms with Gasteiger partial charge in [-0.25, -0.2) is 0 Å². The molecular formula is C16H27N3O2. The second kappa shape index (κ2) is 8.32. The summed E-state index contributed by atoms with van der Waals surface area (Å²) >= 11 is 0. The molecule has 0 aromatic carbocycles. The van der Waals surface area contributed by atoms with Crippen molar-refractivity contribution in [1.29, 1.82) is 0 Å². The molecule has 0 spiro atoms. The van der Waals surface area contributed by atoms with Crippen molar-refractivity contribution in [2.75, 3.05) is 38.3 Å². The zero-order chi connectivity index (χ0) is 15.1. The molecule has 0 radical (unpaired) electrons. The number of aliphatic hydroxyl groups is 1. The van der Waals surface area contributed by atoms with E-state index in [1.807, 2.05) is 13.2 Å². The van der Waals surface area contributed by atoms with Crippen molar-refractivity contribution in [3.8, 4) is 0 Å². The van der Waals surface area contributed by atoms with Crippen LogP contribution in [0.2, 0.25) is 0 Å². The molecule has 1 aromatic heterocycles. The molecule has 1 aliphatic rings. The highest BCUT2D eigenvalue weighted by Gasteiger charge is 2.20. The van der Waals surface area contributed by atoms with Crippen molar-refractivity contribution >= 4 is 5.69 Å². The average molecular weight is 293 g/mol. The number of piperidine rings is 1. The van der Waals surface area contributed by atoms with Crippen LogP contribution in [0, 0.1) is 0 Å². The SMILES string of the molecule is CCC(NC)c1ccc(N2CCC(OCCO)CC2)cn1. The van der Waals surface area contributed by atoms with Crippen LogP contribution in [-0.2, 0) is 4.74 Å². The Morgan fingerprint density at radius 2 is 2.19 bits per heavy atom. The van der Waals surface area contributed by atoms with E-state index in [1.54, 1.807) is 0 Å². The molecule has 118 valence electrons. The predicted molar refractivity (Wildman–Crippen MR) is 84.6 cm³/mol. The van der Waals surface area contributed by atoms with Gasteiger partial charge >= 0.3 is 0 Å². The number of ether oxygens (including phenoxy) is 1. The Bertz CT molecular complexity index is 398. The van der Waals surface area contributed by atoms with Gasteiger partial charge in [-0.1, -0.05) is 6.92 Å². The Kier molecular flexibility index (Phi) is 6.42. The van der Waals surface area contributed by atoms with Crippen molar-refractivity contribution in [2.24, 2.45) is 0 Å². The van der Waals surface area contributed by atoms with Crippen LogP contribution < -0.4 is 10.2 Å². The lowest BCUT2D eigenvalue weighted by molar-refractivity contribution is 0.0159. The van der Waals surface area contributed by atoms with E-state index in [0.29, 0.717) is 12.6 Å². The molecule has 0 bridgehead atoms. The Morgan fingerprint density at radius 1 is 1.43 bits per heavy atom. The summed E-state index contributed by atoms with van der Waals surface area (Å²) in [6.45, 7) is 4.69. The lowest BCUT2D eigenvalue weighted by Gasteiger charge is -2.33. The molecule has 5 nitrogen and oxygen atoms in total. The molecule has 1 aromatic rings. The van der Waals surface area contributed by atoms with Gasteiger partial charge in [0.2, 0.25) is 0 Å². The van der Waals surface area contributed by atoms with Crippen LogP contribution in [0.4, 0.5) is 5.69 Å². The number of nitrogens with zero attached hydrogens (tertiary/aromatic N) is 2. The number of aromatic nitrogens is 1. The summed E-state index contributed by atoms with van der Waals surface area (Å²) in [6.07, 6.45) is 5.32. The maximum atomic E-state index is 8.79. The first-order valence-electron chi connectivity index (χ1n) is 7.89. The van der Waals surface area contributed by atoms with E-state index in [9.17, 15) is 0 Å².